The van der Waals surface area contributed by atoms with Crippen LogP contribution in [-0.4, -0.2) is 45.8 Å². The molecule has 10 heteroatoms. The Labute approximate surface area is 216 Å². The third-order valence-electron chi connectivity index (χ3n) is 7.99. The number of imide groups is 1. The van der Waals surface area contributed by atoms with E-state index in [1.54, 1.807) is 43.3 Å². The van der Waals surface area contributed by atoms with Crippen molar-refractivity contribution in [3.05, 3.63) is 69.6 Å². The van der Waals surface area contributed by atoms with Gasteiger partial charge in [-0.3, -0.25) is 14.4 Å². The molecule has 0 aliphatic carbocycles. The average molecular weight is 520 g/mol. The fraction of sp³-hybridized carbons (Fsp3) is 0.333. The molecule has 3 aliphatic rings. The molecule has 0 radical (unpaired) electrons. The first-order valence-corrected chi connectivity index (χ1v) is 12.3. The number of aromatic nitrogens is 1. The maximum absolute atomic E-state index is 13.9. The fourth-order valence-corrected chi connectivity index (χ4v) is 6.47. The highest BCUT2D eigenvalue weighted by Gasteiger charge is 2.77. The van der Waals surface area contributed by atoms with Crippen molar-refractivity contribution >= 4 is 39.9 Å². The van der Waals surface area contributed by atoms with Crippen LogP contribution < -0.4 is 15.2 Å². The molecule has 3 aromatic rings. The number of amides is 2. The second-order valence-corrected chi connectivity index (χ2v) is 10.4. The predicted octanol–water partition coefficient (Wildman–Crippen LogP) is 2.92. The molecule has 37 heavy (non-hydrogen) atoms. The van der Waals surface area contributed by atoms with Crippen molar-refractivity contribution in [2.45, 2.75) is 37.1 Å². The maximum atomic E-state index is 13.9. The minimum atomic E-state index is -1.25. The topological polar surface area (TPSA) is 133 Å². The van der Waals surface area contributed by atoms with Crippen molar-refractivity contribution in [3.63, 3.8) is 0 Å². The molecule has 5 atom stereocenters. The first-order valence-electron chi connectivity index (χ1n) is 11.9. The average Bonchev–Trinajstić information content (AvgIpc) is 3.41. The number of fused-ring (bicyclic) bond motifs is 6. The van der Waals surface area contributed by atoms with Crippen LogP contribution in [0.4, 0.5) is 5.69 Å². The van der Waals surface area contributed by atoms with E-state index in [0.29, 0.717) is 27.0 Å². The molecule has 2 amide bonds. The Bertz CT molecular complexity index is 1580. The van der Waals surface area contributed by atoms with Crippen molar-refractivity contribution in [3.8, 4) is 11.8 Å². The smallest absolute Gasteiger partial charge is 0.290 e. The molecule has 3 fully saturated rings. The van der Waals surface area contributed by atoms with Crippen molar-refractivity contribution in [1.29, 1.82) is 5.26 Å². The normalized spacial score (nSPS) is 30.1. The molecule has 6 rings (SSSR count). The van der Waals surface area contributed by atoms with E-state index in [-0.39, 0.29) is 25.2 Å². The molecular weight excluding hydrogens is 498 g/mol. The number of hydrogen-bond donors (Lipinski definition) is 2. The third kappa shape index (κ3) is 3.26. The Balaban J connectivity index is 1.36. The number of hydrogen-bond acceptors (Lipinski definition) is 7. The lowest BCUT2D eigenvalue weighted by atomic mass is 9.66. The number of halogens is 1. The number of aromatic amines is 1. The number of nitrogens with zero attached hydrogens (tertiary/aromatic N) is 2. The molecule has 0 unspecified atom stereocenters. The Morgan fingerprint density at radius 1 is 1.19 bits per heavy atom. The minimum Gasteiger partial charge on any atom is -0.488 e. The Morgan fingerprint density at radius 3 is 2.68 bits per heavy atom. The van der Waals surface area contributed by atoms with E-state index in [0.717, 1.165) is 0 Å². The molecule has 2 N–H and O–H groups in total. The van der Waals surface area contributed by atoms with Crippen LogP contribution in [0.5, 0.6) is 5.75 Å². The van der Waals surface area contributed by atoms with Crippen LogP contribution in [0.1, 0.15) is 25.3 Å². The van der Waals surface area contributed by atoms with Gasteiger partial charge in [-0.25, -0.2) is 4.90 Å². The Hall–Kier alpha value is -3.71. The minimum absolute atomic E-state index is 0.0106. The summed E-state index contributed by atoms with van der Waals surface area (Å²) >= 11 is 5.95. The number of rotatable bonds is 5. The molecular formula is C27H22ClN3O6. The highest BCUT2D eigenvalue weighted by molar-refractivity contribution is 6.30. The number of anilines is 1. The van der Waals surface area contributed by atoms with E-state index >= 15 is 0 Å². The van der Waals surface area contributed by atoms with E-state index < -0.39 is 46.5 Å². The van der Waals surface area contributed by atoms with E-state index in [4.69, 9.17) is 21.1 Å². The lowest BCUT2D eigenvalue weighted by Gasteiger charge is -2.33. The molecule has 1 aromatic heterocycles. The van der Waals surface area contributed by atoms with Crippen molar-refractivity contribution in [2.24, 2.45) is 11.8 Å². The lowest BCUT2D eigenvalue weighted by Crippen LogP contribution is -2.49. The van der Waals surface area contributed by atoms with Gasteiger partial charge in [0.05, 0.1) is 52.5 Å². The molecule has 3 aliphatic heterocycles. The predicted molar refractivity (Wildman–Crippen MR) is 133 cm³/mol. The number of ether oxygens (including phenoxy) is 2. The summed E-state index contributed by atoms with van der Waals surface area (Å²) in [6, 6.07) is 13.9. The van der Waals surface area contributed by atoms with E-state index in [9.17, 15) is 24.8 Å². The SMILES string of the molecule is C[C@]12O[C@](CCOc3cc(Cl)c[nH]c3=O)(C[C@@H]1O)[C@H]1C(=O)N(c3ccc(C#N)c4ccccc34)C(=O)[C@H]12. The first kappa shape index (κ1) is 23.7. The zero-order chi connectivity index (χ0) is 26.1. The number of carbonyl (C=O) groups is 2. The van der Waals surface area contributed by atoms with E-state index in [1.807, 2.05) is 0 Å². The number of aliphatic hydroxyl groups is 1. The summed E-state index contributed by atoms with van der Waals surface area (Å²) in [5.41, 5.74) is -2.01. The van der Waals surface area contributed by atoms with Gasteiger partial charge in [-0.2, -0.15) is 5.26 Å². The number of nitrogens with one attached hydrogen (secondary N) is 1. The number of pyridine rings is 1. The second kappa shape index (κ2) is 8.15. The number of benzene rings is 2. The van der Waals surface area contributed by atoms with Crippen LogP contribution in [0, 0.1) is 23.2 Å². The van der Waals surface area contributed by atoms with Crippen molar-refractivity contribution < 1.29 is 24.2 Å². The second-order valence-electron chi connectivity index (χ2n) is 9.94. The standard InChI is InChI=1S/C27H22ClN3O6/c1-26-20(32)11-27(37-26,8-9-36-19-10-15(28)13-30-23(19)33)22-21(26)24(34)31(25(22)35)18-7-6-14(12-29)16-4-2-3-5-17(16)18/h2-7,10,13,20-22,32H,8-9,11H2,1H3,(H,30,33)/t20-,21-,22+,26-,27+/m0/s1. The largest absolute Gasteiger partial charge is 0.488 e. The van der Waals surface area contributed by atoms with Crippen molar-refractivity contribution in [1.82, 2.24) is 4.98 Å². The van der Waals surface area contributed by atoms with Crippen LogP contribution in [0.3, 0.4) is 0 Å². The highest BCUT2D eigenvalue weighted by atomic mass is 35.5. The summed E-state index contributed by atoms with van der Waals surface area (Å²) in [6.07, 6.45) is 0.718. The maximum Gasteiger partial charge on any atom is 0.290 e. The van der Waals surface area contributed by atoms with Gasteiger partial charge in [0.25, 0.3) is 5.56 Å². The van der Waals surface area contributed by atoms with Gasteiger partial charge in [-0.1, -0.05) is 35.9 Å². The molecule has 188 valence electrons. The van der Waals surface area contributed by atoms with Gasteiger partial charge in [-0.15, -0.1) is 0 Å². The van der Waals surface area contributed by atoms with Crippen LogP contribution in [0.25, 0.3) is 10.8 Å². The van der Waals surface area contributed by atoms with Crippen LogP contribution in [0.2, 0.25) is 5.02 Å². The van der Waals surface area contributed by atoms with Gasteiger partial charge < -0.3 is 19.6 Å². The highest BCUT2D eigenvalue weighted by Crippen LogP contribution is 2.62. The summed E-state index contributed by atoms with van der Waals surface area (Å²) in [4.78, 5) is 43.5. The number of carbonyl (C=O) groups excluding carboxylic acids is 2. The van der Waals surface area contributed by atoms with Gasteiger partial charge in [-0.05, 0) is 19.1 Å². The molecule has 4 heterocycles. The van der Waals surface area contributed by atoms with Gasteiger partial charge in [0.2, 0.25) is 11.8 Å². The molecule has 2 bridgehead atoms. The van der Waals surface area contributed by atoms with Gasteiger partial charge in [0, 0.05) is 35.9 Å². The number of H-pyrrole nitrogens is 1. The summed E-state index contributed by atoms with van der Waals surface area (Å²) in [5.74, 6) is -2.54. The Morgan fingerprint density at radius 2 is 1.92 bits per heavy atom. The number of nitriles is 1. The summed E-state index contributed by atoms with van der Waals surface area (Å²) < 4.78 is 12.0. The summed E-state index contributed by atoms with van der Waals surface area (Å²) in [7, 11) is 0. The van der Waals surface area contributed by atoms with Gasteiger partial charge in [0.1, 0.15) is 5.60 Å². The third-order valence-corrected chi connectivity index (χ3v) is 8.21. The zero-order valence-corrected chi connectivity index (χ0v) is 20.5. The molecule has 0 spiro atoms. The molecule has 9 nitrogen and oxygen atoms in total. The molecule has 3 saturated heterocycles. The van der Waals surface area contributed by atoms with Crippen LogP contribution >= 0.6 is 11.6 Å². The van der Waals surface area contributed by atoms with Crippen LogP contribution in [0.15, 0.2) is 53.5 Å². The lowest BCUT2D eigenvalue weighted by molar-refractivity contribution is -0.134. The van der Waals surface area contributed by atoms with E-state index in [2.05, 4.69) is 11.1 Å². The molecule has 2 aromatic carbocycles. The summed E-state index contributed by atoms with van der Waals surface area (Å²) in [5, 5.41) is 22.0. The monoisotopic (exact) mass is 519 g/mol. The van der Waals surface area contributed by atoms with Crippen LogP contribution in [-0.2, 0) is 14.3 Å². The van der Waals surface area contributed by atoms with Crippen molar-refractivity contribution in [2.75, 3.05) is 11.5 Å². The fourth-order valence-electron chi connectivity index (χ4n) is 6.32. The summed E-state index contributed by atoms with van der Waals surface area (Å²) in [6.45, 7) is 1.68. The van der Waals surface area contributed by atoms with Gasteiger partial charge >= 0.3 is 0 Å². The number of aliphatic hydroxyl groups excluding tert-OH is 1. The first-order chi connectivity index (χ1) is 17.7. The Kier molecular flexibility index (Phi) is 5.21. The van der Waals surface area contributed by atoms with E-state index in [1.165, 1.54) is 17.2 Å². The zero-order valence-electron chi connectivity index (χ0n) is 19.7. The quantitative estimate of drug-likeness (QED) is 0.495. The van der Waals surface area contributed by atoms with Gasteiger partial charge in [0.15, 0.2) is 5.75 Å². The molecule has 0 saturated carbocycles.